The molecule has 1 saturated heterocycles. The van der Waals surface area contributed by atoms with E-state index < -0.39 is 42.0 Å². The fourth-order valence-corrected chi connectivity index (χ4v) is 4.65. The minimum atomic E-state index is -1.02. The number of ketones is 1. The minimum absolute atomic E-state index is 0.0279. The van der Waals surface area contributed by atoms with Crippen LogP contribution in [-0.4, -0.2) is 81.6 Å². The maximum Gasteiger partial charge on any atom is 0.329 e. The number of esters is 1. The Kier molecular flexibility index (Phi) is 10.8. The number of nitrogens with zero attached hydrogens (tertiary/aromatic N) is 2. The van der Waals surface area contributed by atoms with E-state index in [1.54, 1.807) is 39.0 Å². The summed E-state index contributed by atoms with van der Waals surface area (Å²) in [4.78, 5) is 56.6. The number of cyclic esters (lactones) is 1. The summed E-state index contributed by atoms with van der Waals surface area (Å²) in [6.07, 6.45) is 7.96. The number of hydrogen-bond donors (Lipinski definition) is 3. The van der Waals surface area contributed by atoms with Gasteiger partial charge in [-0.15, -0.1) is 0 Å². The molecule has 3 N–H and O–H groups in total. The van der Waals surface area contributed by atoms with E-state index in [1.807, 2.05) is 0 Å². The van der Waals surface area contributed by atoms with Gasteiger partial charge in [0.05, 0.1) is 12.5 Å². The Morgan fingerprint density at radius 1 is 1.23 bits per heavy atom. The van der Waals surface area contributed by atoms with Gasteiger partial charge in [-0.2, -0.15) is 0 Å². The second-order valence-electron chi connectivity index (χ2n) is 10.1. The lowest BCUT2D eigenvalue weighted by atomic mass is 9.93. The van der Waals surface area contributed by atoms with E-state index in [-0.39, 0.29) is 49.3 Å². The lowest BCUT2D eigenvalue weighted by molar-refractivity contribution is -0.159. The van der Waals surface area contributed by atoms with Crippen molar-refractivity contribution in [3.05, 3.63) is 53.8 Å². The molecule has 0 spiro atoms. The van der Waals surface area contributed by atoms with Crippen LogP contribution in [0.4, 0.5) is 0 Å². The Morgan fingerprint density at radius 3 is 2.74 bits per heavy atom. The number of aliphatic hydroxyl groups excluding tert-OH is 2. The summed E-state index contributed by atoms with van der Waals surface area (Å²) in [7, 11) is 0. The van der Waals surface area contributed by atoms with Crippen molar-refractivity contribution < 1.29 is 38.5 Å². The monoisotopic (exact) mass is 543 g/mol. The van der Waals surface area contributed by atoms with Gasteiger partial charge in [-0.3, -0.25) is 14.4 Å². The summed E-state index contributed by atoms with van der Waals surface area (Å²) in [5.74, 6) is -2.56. The molecule has 0 saturated carbocycles. The molecule has 2 aliphatic heterocycles. The number of carbonyl (C=O) groups is 4. The van der Waals surface area contributed by atoms with Crippen molar-refractivity contribution in [2.45, 2.75) is 64.7 Å². The third kappa shape index (κ3) is 8.46. The number of nitrogens with one attached hydrogen (secondary N) is 1. The van der Waals surface area contributed by atoms with Crippen LogP contribution in [0.3, 0.4) is 0 Å². The molecule has 11 heteroatoms. The van der Waals surface area contributed by atoms with Crippen molar-refractivity contribution in [2.75, 3.05) is 19.7 Å². The van der Waals surface area contributed by atoms with Crippen molar-refractivity contribution in [2.24, 2.45) is 11.8 Å². The molecule has 2 aliphatic rings. The number of hydrogen-bond acceptors (Lipinski definition) is 9. The van der Waals surface area contributed by atoms with Gasteiger partial charge in [0.25, 0.3) is 5.91 Å². The van der Waals surface area contributed by atoms with E-state index in [0.717, 1.165) is 6.26 Å². The van der Waals surface area contributed by atoms with Crippen molar-refractivity contribution in [1.29, 1.82) is 0 Å². The van der Waals surface area contributed by atoms with Crippen LogP contribution in [-0.2, 0) is 25.5 Å². The first-order chi connectivity index (χ1) is 18.6. The average Bonchev–Trinajstić information content (AvgIpc) is 3.57. The van der Waals surface area contributed by atoms with Gasteiger partial charge in [-0.25, -0.2) is 9.78 Å². The van der Waals surface area contributed by atoms with Gasteiger partial charge in [0.1, 0.15) is 24.2 Å². The highest BCUT2D eigenvalue weighted by Gasteiger charge is 2.39. The van der Waals surface area contributed by atoms with Gasteiger partial charge < -0.3 is 29.6 Å². The van der Waals surface area contributed by atoms with Crippen LogP contribution in [0, 0.1) is 11.8 Å². The van der Waals surface area contributed by atoms with Crippen LogP contribution in [0.25, 0.3) is 0 Å². The smallest absolute Gasteiger partial charge is 0.329 e. The predicted octanol–water partition coefficient (Wildman–Crippen LogP) is 1.51. The highest BCUT2D eigenvalue weighted by atomic mass is 16.5. The number of Topliss-reactive ketones (excluding diaryl/α,β-unsaturated/α-hetero) is 1. The molecule has 0 aromatic carbocycles. The number of fused-ring (bicyclic) bond motifs is 3. The Bertz CT molecular complexity index is 1140. The second-order valence-corrected chi connectivity index (χ2v) is 10.1. The fraction of sp³-hybridized carbons (Fsp3) is 0.536. The van der Waals surface area contributed by atoms with Gasteiger partial charge in [0, 0.05) is 38.0 Å². The Labute approximate surface area is 227 Å². The number of aliphatic hydroxyl groups is 2. The van der Waals surface area contributed by atoms with E-state index >= 15 is 0 Å². The van der Waals surface area contributed by atoms with Crippen LogP contribution in [0.2, 0.25) is 0 Å². The lowest BCUT2D eigenvalue weighted by Gasteiger charge is -2.30. The first-order valence-electron chi connectivity index (χ1n) is 13.2. The molecule has 3 heterocycles. The summed E-state index contributed by atoms with van der Waals surface area (Å²) in [5, 5.41) is 22.7. The number of oxazole rings is 1. The molecule has 1 aromatic heterocycles. The molecule has 0 radical (unpaired) electrons. The summed E-state index contributed by atoms with van der Waals surface area (Å²) in [5.41, 5.74) is 0.679. The number of allylic oxidation sites excluding steroid dienone is 2. The zero-order valence-corrected chi connectivity index (χ0v) is 22.5. The van der Waals surface area contributed by atoms with E-state index in [0.29, 0.717) is 25.0 Å². The molecule has 212 valence electrons. The largest absolute Gasteiger partial charge is 0.460 e. The molecule has 0 aliphatic carbocycles. The van der Waals surface area contributed by atoms with E-state index in [4.69, 9.17) is 9.15 Å². The van der Waals surface area contributed by atoms with Gasteiger partial charge in [-0.05, 0) is 25.8 Å². The molecule has 1 aromatic rings. The quantitative estimate of drug-likeness (QED) is 0.470. The molecule has 39 heavy (non-hydrogen) atoms. The minimum Gasteiger partial charge on any atom is -0.460 e. The molecule has 5 atom stereocenters. The van der Waals surface area contributed by atoms with Crippen LogP contribution >= 0.6 is 0 Å². The first-order valence-corrected chi connectivity index (χ1v) is 13.2. The molecule has 11 nitrogen and oxygen atoms in total. The second kappa shape index (κ2) is 14.0. The van der Waals surface area contributed by atoms with Gasteiger partial charge >= 0.3 is 5.97 Å². The maximum absolute atomic E-state index is 13.2. The number of ether oxygens (including phenoxy) is 1. The average molecular weight is 544 g/mol. The molecule has 3 rings (SSSR count). The molecule has 5 unspecified atom stereocenters. The zero-order chi connectivity index (χ0) is 28.5. The highest BCUT2D eigenvalue weighted by Crippen LogP contribution is 2.25. The number of aromatic nitrogens is 1. The summed E-state index contributed by atoms with van der Waals surface area (Å²) in [6.45, 7) is 5.61. The first kappa shape index (κ1) is 30.0. The molecular weight excluding hydrogens is 506 g/mol. The van der Waals surface area contributed by atoms with E-state index in [1.165, 1.54) is 17.1 Å². The third-order valence-electron chi connectivity index (χ3n) is 6.74. The Hall–Kier alpha value is -3.57. The molecular formula is C28H37N3O8. The Morgan fingerprint density at radius 2 is 2.00 bits per heavy atom. The number of rotatable bonds is 2. The normalized spacial score (nSPS) is 30.0. The van der Waals surface area contributed by atoms with Crippen LogP contribution in [0.5, 0.6) is 0 Å². The standard InChI is InChI=1S/C28H37N3O8/c1-17-6-4-10-29-24(35)9-8-18(2)26(19(3)15-32)39-28(37)23-7-5-11-31(23)27(36)22-16-38-25(30-22)14-21(34)13-20(33)12-17/h4,6,8-9,12,16,18-20,23,26,32-33H,5,7,10-11,13-15H2,1-3H3,(H,29,35)/b6-4+,9-8+,17-12+. The number of amides is 2. The van der Waals surface area contributed by atoms with Gasteiger partial charge in [0.2, 0.25) is 11.8 Å². The molecule has 2 amide bonds. The van der Waals surface area contributed by atoms with Gasteiger partial charge in [-0.1, -0.05) is 43.7 Å². The van der Waals surface area contributed by atoms with Crippen LogP contribution in [0.15, 0.2) is 46.6 Å². The van der Waals surface area contributed by atoms with Crippen LogP contribution in [0.1, 0.15) is 56.4 Å². The highest BCUT2D eigenvalue weighted by molar-refractivity contribution is 5.95. The number of carbonyl (C=O) groups excluding carboxylic acids is 4. The van der Waals surface area contributed by atoms with Gasteiger partial charge in [0.15, 0.2) is 5.69 Å². The zero-order valence-electron chi connectivity index (χ0n) is 22.5. The SMILES string of the molecule is CC1=C\C(O)CC(=O)Cc2nc(co2)C(=O)N2CCCC2C(=O)OC(C(C)CO)C(C)/C=C/C(=O)NC\C=C\1. The van der Waals surface area contributed by atoms with Crippen molar-refractivity contribution in [3.8, 4) is 0 Å². The van der Waals surface area contributed by atoms with Crippen molar-refractivity contribution in [3.63, 3.8) is 0 Å². The fourth-order valence-electron chi connectivity index (χ4n) is 4.65. The molecule has 1 fully saturated rings. The summed E-state index contributed by atoms with van der Waals surface area (Å²) in [6, 6.07) is -0.842. The van der Waals surface area contributed by atoms with Crippen molar-refractivity contribution >= 4 is 23.6 Å². The summed E-state index contributed by atoms with van der Waals surface area (Å²) >= 11 is 0. The van der Waals surface area contributed by atoms with Crippen LogP contribution < -0.4 is 5.32 Å². The Balaban J connectivity index is 1.87. The van der Waals surface area contributed by atoms with E-state index in [9.17, 15) is 29.4 Å². The summed E-state index contributed by atoms with van der Waals surface area (Å²) < 4.78 is 11.1. The maximum atomic E-state index is 13.2. The molecule has 2 bridgehead atoms. The topological polar surface area (TPSA) is 159 Å². The van der Waals surface area contributed by atoms with E-state index in [2.05, 4.69) is 10.3 Å². The lowest BCUT2D eigenvalue weighted by Crippen LogP contribution is -2.44. The predicted molar refractivity (Wildman–Crippen MR) is 140 cm³/mol. The van der Waals surface area contributed by atoms with Crippen molar-refractivity contribution in [1.82, 2.24) is 15.2 Å². The third-order valence-corrected chi connectivity index (χ3v) is 6.74.